The molecule has 1 saturated heterocycles. The highest BCUT2D eigenvalue weighted by atomic mass is 32.1. The fourth-order valence-electron chi connectivity index (χ4n) is 4.61. The third-order valence-electron chi connectivity index (χ3n) is 6.15. The van der Waals surface area contributed by atoms with Gasteiger partial charge in [-0.1, -0.05) is 0 Å². The van der Waals surface area contributed by atoms with Crippen molar-refractivity contribution in [3.8, 4) is 11.5 Å². The molecule has 1 amide bonds. The largest absolute Gasteiger partial charge is 0.456 e. The van der Waals surface area contributed by atoms with E-state index in [2.05, 4.69) is 4.98 Å². The topological polar surface area (TPSA) is 73.7 Å². The minimum absolute atomic E-state index is 0.0249. The number of fused-ring (bicyclic) bond motifs is 2. The van der Waals surface area contributed by atoms with Crippen molar-refractivity contribution in [1.82, 2.24) is 14.5 Å². The lowest BCUT2D eigenvalue weighted by atomic mass is 10.2. The summed E-state index contributed by atoms with van der Waals surface area (Å²) in [5.41, 5.74) is 2.76. The number of hydrogen-bond donors (Lipinski definition) is 0. The number of amides is 1. The van der Waals surface area contributed by atoms with Gasteiger partial charge in [0.05, 0.1) is 34.3 Å². The number of rotatable bonds is 7. The van der Waals surface area contributed by atoms with E-state index in [1.165, 1.54) is 11.3 Å². The number of pyridine rings is 1. The number of aryl methyl sites for hydroxylation is 1. The molecule has 170 valence electrons. The first kappa shape index (κ1) is 21.6. The van der Waals surface area contributed by atoms with E-state index in [-0.39, 0.29) is 11.9 Å². The average Bonchev–Trinajstić information content (AvgIpc) is 3.52. The van der Waals surface area contributed by atoms with Crippen molar-refractivity contribution >= 4 is 44.6 Å². The zero-order valence-electron chi connectivity index (χ0n) is 18.6. The molecule has 0 radical (unpaired) electrons. The molecule has 0 spiro atoms. The van der Waals surface area contributed by atoms with Crippen molar-refractivity contribution < 1.29 is 19.1 Å². The summed E-state index contributed by atoms with van der Waals surface area (Å²) < 4.78 is 14.4. The summed E-state index contributed by atoms with van der Waals surface area (Å²) in [6, 6.07) is 11.7. The van der Waals surface area contributed by atoms with Gasteiger partial charge in [-0.25, -0.2) is 0 Å². The number of likely N-dealkylation sites (tertiary alicyclic amines) is 1. The van der Waals surface area contributed by atoms with Crippen LogP contribution in [0, 0.1) is 6.92 Å². The quantitative estimate of drug-likeness (QED) is 0.368. The highest BCUT2D eigenvalue weighted by Gasteiger charge is 2.30. The second kappa shape index (κ2) is 8.96. The van der Waals surface area contributed by atoms with Crippen LogP contribution in [0.2, 0.25) is 0 Å². The Labute approximate surface area is 195 Å². The van der Waals surface area contributed by atoms with Crippen LogP contribution in [0.5, 0.6) is 11.5 Å². The monoisotopic (exact) mass is 463 g/mol. The molecule has 1 fully saturated rings. The Morgan fingerprint density at radius 1 is 1.27 bits per heavy atom. The second-order valence-electron chi connectivity index (χ2n) is 8.27. The third kappa shape index (κ3) is 4.00. The summed E-state index contributed by atoms with van der Waals surface area (Å²) in [4.78, 5) is 31.2. The molecule has 4 aromatic rings. The highest BCUT2D eigenvalue weighted by molar-refractivity contribution is 7.21. The Kier molecular flexibility index (Phi) is 5.86. The molecule has 1 aliphatic rings. The van der Waals surface area contributed by atoms with E-state index in [1.54, 1.807) is 13.3 Å². The fraction of sp³-hybridized carbons (Fsp3) is 0.320. The van der Waals surface area contributed by atoms with E-state index >= 15 is 0 Å². The molecule has 0 saturated carbocycles. The first-order chi connectivity index (χ1) is 16.1. The minimum Gasteiger partial charge on any atom is -0.456 e. The van der Waals surface area contributed by atoms with Crippen molar-refractivity contribution in [2.24, 2.45) is 0 Å². The molecule has 3 aromatic heterocycles. The molecule has 0 bridgehead atoms. The van der Waals surface area contributed by atoms with E-state index < -0.39 is 0 Å². The van der Waals surface area contributed by atoms with E-state index in [4.69, 9.17) is 9.47 Å². The van der Waals surface area contributed by atoms with Crippen LogP contribution in [-0.4, -0.2) is 52.9 Å². The number of thiophene rings is 1. The van der Waals surface area contributed by atoms with Gasteiger partial charge >= 0.3 is 0 Å². The molecule has 8 heteroatoms. The van der Waals surface area contributed by atoms with Crippen molar-refractivity contribution in [3.63, 3.8) is 0 Å². The van der Waals surface area contributed by atoms with Gasteiger partial charge in [0.2, 0.25) is 0 Å². The number of carbonyl (C=O) groups excluding carboxylic acids is 2. The minimum atomic E-state index is 0.0249. The van der Waals surface area contributed by atoms with Crippen LogP contribution in [0.25, 0.3) is 21.1 Å². The van der Waals surface area contributed by atoms with Gasteiger partial charge in [-0.3, -0.25) is 9.78 Å². The van der Waals surface area contributed by atoms with E-state index in [1.807, 2.05) is 52.8 Å². The number of benzene rings is 1. The number of aldehydes is 1. The predicted molar refractivity (Wildman–Crippen MR) is 128 cm³/mol. The molecule has 1 atom stereocenters. The third-order valence-corrected chi connectivity index (χ3v) is 7.28. The Hall–Kier alpha value is -3.23. The molecule has 1 aromatic carbocycles. The highest BCUT2D eigenvalue weighted by Crippen LogP contribution is 2.37. The summed E-state index contributed by atoms with van der Waals surface area (Å²) >= 11 is 1.41. The zero-order valence-corrected chi connectivity index (χ0v) is 19.4. The van der Waals surface area contributed by atoms with Crippen LogP contribution in [-0.2, 0) is 16.1 Å². The van der Waals surface area contributed by atoms with Crippen molar-refractivity contribution in [2.45, 2.75) is 32.4 Å². The first-order valence-electron chi connectivity index (χ1n) is 11.0. The van der Waals surface area contributed by atoms with Gasteiger partial charge in [0.1, 0.15) is 17.8 Å². The van der Waals surface area contributed by atoms with Crippen molar-refractivity contribution in [2.75, 3.05) is 20.3 Å². The number of methoxy groups -OCH3 is 1. The SMILES string of the molecule is COCC1CCCN1C(=O)c1cc2nccc(Oc3ccc4c(c3)cc(C)n4CC=O)c2s1. The molecule has 1 aliphatic heterocycles. The standard InChI is InChI=1S/C25H25N3O4S/c1-16-12-17-13-19(5-6-21(17)27(16)10-11-29)32-22-7-8-26-20-14-23(33-24(20)22)25(30)28-9-3-4-18(28)15-31-2/h5-8,11-14,18H,3-4,9-10,15H2,1-2H3. The van der Waals surface area contributed by atoms with Gasteiger partial charge in [0, 0.05) is 42.5 Å². The maximum absolute atomic E-state index is 13.2. The van der Waals surface area contributed by atoms with Gasteiger partial charge in [0.15, 0.2) is 0 Å². The summed E-state index contributed by atoms with van der Waals surface area (Å²) in [5.74, 6) is 1.39. The average molecular weight is 464 g/mol. The lowest BCUT2D eigenvalue weighted by Crippen LogP contribution is -2.37. The number of carbonyl (C=O) groups is 2. The Morgan fingerprint density at radius 2 is 2.15 bits per heavy atom. The second-order valence-corrected chi connectivity index (χ2v) is 9.32. The van der Waals surface area contributed by atoms with Crippen LogP contribution >= 0.6 is 11.3 Å². The van der Waals surface area contributed by atoms with Crippen LogP contribution in [0.4, 0.5) is 0 Å². The van der Waals surface area contributed by atoms with E-state index in [0.717, 1.165) is 52.5 Å². The van der Waals surface area contributed by atoms with Crippen molar-refractivity contribution in [3.05, 3.63) is 53.2 Å². The van der Waals surface area contributed by atoms with Gasteiger partial charge < -0.3 is 23.7 Å². The van der Waals surface area contributed by atoms with Crippen LogP contribution in [0.3, 0.4) is 0 Å². The molecule has 33 heavy (non-hydrogen) atoms. The smallest absolute Gasteiger partial charge is 0.264 e. The Bertz CT molecular complexity index is 1340. The van der Waals surface area contributed by atoms with Gasteiger partial charge in [-0.05, 0) is 50.1 Å². The summed E-state index contributed by atoms with van der Waals surface area (Å²) in [7, 11) is 1.67. The number of hydrogen-bond acceptors (Lipinski definition) is 6. The summed E-state index contributed by atoms with van der Waals surface area (Å²) in [6.07, 6.45) is 4.56. The molecular weight excluding hydrogens is 438 g/mol. The molecule has 1 unspecified atom stereocenters. The fourth-order valence-corrected chi connectivity index (χ4v) is 5.63. The Morgan fingerprint density at radius 3 is 2.97 bits per heavy atom. The van der Waals surface area contributed by atoms with Crippen molar-refractivity contribution in [1.29, 1.82) is 0 Å². The molecule has 4 heterocycles. The maximum atomic E-state index is 13.2. The molecule has 5 rings (SSSR count). The lowest BCUT2D eigenvalue weighted by Gasteiger charge is -2.23. The van der Waals surface area contributed by atoms with Gasteiger partial charge in [-0.15, -0.1) is 11.3 Å². The van der Waals surface area contributed by atoms with E-state index in [0.29, 0.717) is 29.5 Å². The summed E-state index contributed by atoms with van der Waals surface area (Å²) in [6.45, 7) is 3.62. The number of aromatic nitrogens is 2. The first-order valence-corrected chi connectivity index (χ1v) is 11.8. The van der Waals surface area contributed by atoms with Crippen LogP contribution < -0.4 is 4.74 Å². The predicted octanol–water partition coefficient (Wildman–Crippen LogP) is 4.80. The Balaban J connectivity index is 1.44. The number of nitrogens with zero attached hydrogens (tertiary/aromatic N) is 3. The van der Waals surface area contributed by atoms with Crippen LogP contribution in [0.15, 0.2) is 42.6 Å². The molecular formula is C25H25N3O4S. The zero-order chi connectivity index (χ0) is 22.9. The normalized spacial score (nSPS) is 16.1. The molecule has 0 N–H and O–H groups in total. The van der Waals surface area contributed by atoms with Gasteiger partial charge in [0.25, 0.3) is 5.91 Å². The summed E-state index contributed by atoms with van der Waals surface area (Å²) in [5, 5.41) is 1.01. The van der Waals surface area contributed by atoms with Gasteiger partial charge in [-0.2, -0.15) is 0 Å². The molecule has 7 nitrogen and oxygen atoms in total. The molecule has 0 aliphatic carbocycles. The lowest BCUT2D eigenvalue weighted by molar-refractivity contribution is -0.108. The van der Waals surface area contributed by atoms with E-state index in [9.17, 15) is 9.59 Å². The number of ether oxygens (including phenoxy) is 2. The van der Waals surface area contributed by atoms with Crippen LogP contribution in [0.1, 0.15) is 28.2 Å². The maximum Gasteiger partial charge on any atom is 0.264 e.